The first-order valence-electron chi connectivity index (χ1n) is 6.13. The minimum absolute atomic E-state index is 0.216. The predicted octanol–water partition coefficient (Wildman–Crippen LogP) is 2.49. The molecule has 2 heteroatoms. The highest BCUT2D eigenvalue weighted by molar-refractivity contribution is 5.83. The third kappa shape index (κ3) is 5.91. The number of rotatable bonds is 8. The molecule has 1 aromatic carbocycles. The average molecular weight is 231 g/mol. The molecule has 0 aromatic heterocycles. The molecule has 0 fully saturated rings. The number of aliphatic carboxylic acids is 1. The van der Waals surface area contributed by atoms with Gasteiger partial charge < -0.3 is 9.90 Å². The summed E-state index contributed by atoms with van der Waals surface area (Å²) in [6.07, 6.45) is 5.88. The molecule has 0 heterocycles. The van der Waals surface area contributed by atoms with Crippen molar-refractivity contribution in [3.63, 3.8) is 0 Å². The van der Waals surface area contributed by atoms with Crippen LogP contribution in [0.2, 0.25) is 0 Å². The molecule has 0 aliphatic carbocycles. The second-order valence-electron chi connectivity index (χ2n) is 4.29. The second kappa shape index (κ2) is 7.66. The highest BCUT2D eigenvalue weighted by Crippen LogP contribution is 2.11. The normalized spacial score (nSPS) is 10.1. The van der Waals surface area contributed by atoms with Gasteiger partial charge in [0, 0.05) is 0 Å². The Kier molecular flexibility index (Phi) is 6.08. The van der Waals surface area contributed by atoms with E-state index in [1.807, 2.05) is 6.07 Å². The van der Waals surface area contributed by atoms with Crippen LogP contribution in [0.1, 0.15) is 37.7 Å². The van der Waals surface area contributed by atoms with Crippen molar-refractivity contribution in [3.8, 4) is 0 Å². The van der Waals surface area contributed by atoms with E-state index in [9.17, 15) is 9.90 Å². The van der Waals surface area contributed by atoms with Crippen LogP contribution in [0.5, 0.6) is 0 Å². The molecule has 0 unspecified atom stereocenters. The molecule has 0 saturated carbocycles. The van der Waals surface area contributed by atoms with Crippen LogP contribution >= 0.6 is 0 Å². The van der Waals surface area contributed by atoms with E-state index in [4.69, 9.17) is 0 Å². The summed E-state index contributed by atoms with van der Waals surface area (Å²) < 4.78 is 0. The van der Waals surface area contributed by atoms with Crippen molar-refractivity contribution in [2.75, 3.05) is 0 Å². The van der Waals surface area contributed by atoms with Gasteiger partial charge >= 0.3 is 0 Å². The maximum Gasteiger partial charge on any atom is 0.0668 e. The van der Waals surface area contributed by atoms with Crippen molar-refractivity contribution in [1.29, 1.82) is 0 Å². The number of unbranched alkanes of at least 4 members (excludes halogenated alkanes) is 3. The number of carboxylic acids is 1. The van der Waals surface area contributed by atoms with Gasteiger partial charge in [0.05, 0.1) is 5.97 Å². The number of hydrogen-bond donors (Lipinski definition) is 0. The van der Waals surface area contributed by atoms with E-state index in [0.29, 0.717) is 6.42 Å². The summed E-state index contributed by atoms with van der Waals surface area (Å²) >= 11 is 0. The van der Waals surface area contributed by atoms with Crippen LogP contribution in [0.4, 0.5) is 0 Å². The van der Waals surface area contributed by atoms with E-state index in [-0.39, 0.29) is 5.57 Å². The van der Waals surface area contributed by atoms with Gasteiger partial charge in [-0.25, -0.2) is 0 Å². The van der Waals surface area contributed by atoms with Gasteiger partial charge in [-0.05, 0) is 36.8 Å². The molecule has 1 aromatic rings. The maximum absolute atomic E-state index is 10.4. The first-order chi connectivity index (χ1) is 8.20. The van der Waals surface area contributed by atoms with Gasteiger partial charge in [-0.15, -0.1) is 0 Å². The van der Waals surface area contributed by atoms with Gasteiger partial charge in [0.15, 0.2) is 0 Å². The Hall–Kier alpha value is -1.57. The van der Waals surface area contributed by atoms with Gasteiger partial charge in [-0.3, -0.25) is 0 Å². The Labute approximate surface area is 103 Å². The molecule has 0 aliphatic rings. The van der Waals surface area contributed by atoms with Gasteiger partial charge in [-0.1, -0.05) is 49.8 Å². The van der Waals surface area contributed by atoms with Crippen LogP contribution in [-0.2, 0) is 11.2 Å². The van der Waals surface area contributed by atoms with Gasteiger partial charge in [-0.2, -0.15) is 0 Å². The lowest BCUT2D eigenvalue weighted by atomic mass is 10.0. The predicted molar refractivity (Wildman–Crippen MR) is 67.4 cm³/mol. The number of carbonyl (C=O) groups excluding carboxylic acids is 1. The number of benzene rings is 1. The maximum atomic E-state index is 10.4. The minimum atomic E-state index is -1.12. The lowest BCUT2D eigenvalue weighted by molar-refractivity contribution is -0.299. The molecule has 2 nitrogen and oxygen atoms in total. The molecule has 0 N–H and O–H groups in total. The average Bonchev–Trinajstić information content (AvgIpc) is 2.34. The monoisotopic (exact) mass is 231 g/mol. The van der Waals surface area contributed by atoms with Crippen LogP contribution in [0.3, 0.4) is 0 Å². The van der Waals surface area contributed by atoms with Gasteiger partial charge in [0.1, 0.15) is 0 Å². The molecule has 0 amide bonds. The summed E-state index contributed by atoms with van der Waals surface area (Å²) in [4.78, 5) is 10.4. The van der Waals surface area contributed by atoms with Crippen LogP contribution in [0.25, 0.3) is 0 Å². The largest absolute Gasteiger partial charge is 0.545 e. The zero-order valence-corrected chi connectivity index (χ0v) is 10.2. The quantitative estimate of drug-likeness (QED) is 0.509. The molecule has 92 valence electrons. The van der Waals surface area contributed by atoms with Crippen molar-refractivity contribution in [2.45, 2.75) is 38.5 Å². The Morgan fingerprint density at radius 2 is 1.71 bits per heavy atom. The summed E-state index contributed by atoms with van der Waals surface area (Å²) in [6, 6.07) is 10.4. The van der Waals surface area contributed by atoms with Crippen LogP contribution in [-0.4, -0.2) is 5.97 Å². The molecule has 0 radical (unpaired) electrons. The first-order valence-corrected chi connectivity index (χ1v) is 6.13. The SMILES string of the molecule is C=C(CCCCCCc1ccccc1)C(=O)[O-]. The second-order valence-corrected chi connectivity index (χ2v) is 4.29. The van der Waals surface area contributed by atoms with Crippen molar-refractivity contribution in [1.82, 2.24) is 0 Å². The smallest absolute Gasteiger partial charge is 0.0668 e. The zero-order valence-electron chi connectivity index (χ0n) is 10.2. The topological polar surface area (TPSA) is 40.1 Å². The Morgan fingerprint density at radius 3 is 2.35 bits per heavy atom. The van der Waals surface area contributed by atoms with E-state index >= 15 is 0 Å². The van der Waals surface area contributed by atoms with Crippen molar-refractivity contribution >= 4 is 5.97 Å². The molecule has 0 bridgehead atoms. The van der Waals surface area contributed by atoms with Crippen molar-refractivity contribution in [2.24, 2.45) is 0 Å². The summed E-state index contributed by atoms with van der Waals surface area (Å²) in [5.74, 6) is -1.12. The van der Waals surface area contributed by atoms with Crippen molar-refractivity contribution in [3.05, 3.63) is 48.0 Å². The van der Waals surface area contributed by atoms with Crippen LogP contribution in [0.15, 0.2) is 42.5 Å². The fourth-order valence-corrected chi connectivity index (χ4v) is 1.77. The number of carboxylic acid groups (broad SMARTS) is 1. The minimum Gasteiger partial charge on any atom is -0.545 e. The van der Waals surface area contributed by atoms with Gasteiger partial charge in [0.25, 0.3) is 0 Å². The molecular weight excluding hydrogens is 212 g/mol. The highest BCUT2D eigenvalue weighted by Gasteiger charge is 1.96. The van der Waals surface area contributed by atoms with Crippen molar-refractivity contribution < 1.29 is 9.90 Å². The molecule has 0 saturated heterocycles. The van der Waals surface area contributed by atoms with Crippen LogP contribution in [0, 0.1) is 0 Å². The molecule has 17 heavy (non-hydrogen) atoms. The first kappa shape index (κ1) is 13.5. The Morgan fingerprint density at radius 1 is 1.06 bits per heavy atom. The third-order valence-corrected chi connectivity index (χ3v) is 2.83. The molecule has 0 atom stereocenters. The highest BCUT2D eigenvalue weighted by atomic mass is 16.4. The van der Waals surface area contributed by atoms with Gasteiger partial charge in [0.2, 0.25) is 0 Å². The lowest BCUT2D eigenvalue weighted by Gasteiger charge is -2.06. The molecule has 0 aliphatic heterocycles. The standard InChI is InChI=1S/C15H20O2/c1-13(15(16)17)9-5-2-3-6-10-14-11-7-4-8-12-14/h4,7-8,11-12H,1-3,5-6,9-10H2,(H,16,17)/p-1. The van der Waals surface area contributed by atoms with E-state index in [1.165, 1.54) is 5.56 Å². The third-order valence-electron chi connectivity index (χ3n) is 2.83. The summed E-state index contributed by atoms with van der Waals surface area (Å²) in [7, 11) is 0. The van der Waals surface area contributed by atoms with Crippen LogP contribution < -0.4 is 5.11 Å². The van der Waals surface area contributed by atoms with E-state index in [0.717, 1.165) is 32.1 Å². The Balaban J connectivity index is 2.02. The summed E-state index contributed by atoms with van der Waals surface area (Å²) in [6.45, 7) is 3.46. The molecule has 1 rings (SSSR count). The lowest BCUT2D eigenvalue weighted by Crippen LogP contribution is -2.23. The number of carbonyl (C=O) groups is 1. The fraction of sp³-hybridized carbons (Fsp3) is 0.400. The van der Waals surface area contributed by atoms with E-state index in [2.05, 4.69) is 30.8 Å². The van der Waals surface area contributed by atoms with E-state index < -0.39 is 5.97 Å². The molecular formula is C15H19O2-. The Bertz CT molecular complexity index is 354. The number of hydrogen-bond acceptors (Lipinski definition) is 2. The van der Waals surface area contributed by atoms with E-state index in [1.54, 1.807) is 0 Å². The number of aryl methyl sites for hydroxylation is 1. The molecule has 0 spiro atoms. The summed E-state index contributed by atoms with van der Waals surface area (Å²) in [5, 5.41) is 10.4. The fourth-order valence-electron chi connectivity index (χ4n) is 1.77. The summed E-state index contributed by atoms with van der Waals surface area (Å²) in [5.41, 5.74) is 1.58. The zero-order chi connectivity index (χ0) is 12.5.